The van der Waals surface area contributed by atoms with E-state index in [1.54, 1.807) is 6.07 Å². The van der Waals surface area contributed by atoms with Crippen molar-refractivity contribution in [3.05, 3.63) is 57.7 Å². The van der Waals surface area contributed by atoms with Gasteiger partial charge in [-0.3, -0.25) is 10.2 Å². The van der Waals surface area contributed by atoms with Crippen molar-refractivity contribution in [1.82, 2.24) is 9.78 Å². The Hall–Kier alpha value is -0.610. The van der Waals surface area contributed by atoms with Crippen molar-refractivity contribution in [3.8, 4) is 5.69 Å². The molecular weight excluding hydrogens is 518 g/mol. The van der Waals surface area contributed by atoms with Crippen LogP contribution in [0.25, 0.3) is 5.69 Å². The summed E-state index contributed by atoms with van der Waals surface area (Å²) in [5.41, 5.74) is 0.690. The lowest BCUT2D eigenvalue weighted by Gasteiger charge is -2.07. The van der Waals surface area contributed by atoms with Crippen LogP contribution >= 0.6 is 70.5 Å². The molecule has 0 bridgehead atoms. The number of aromatic nitrogens is 2. The van der Waals surface area contributed by atoms with Gasteiger partial charge in [0.15, 0.2) is 5.01 Å². The molecule has 112 valence electrons. The van der Waals surface area contributed by atoms with Crippen LogP contribution in [0.4, 0.5) is 0 Å². The number of halogens is 3. The largest absolute Gasteiger partial charge is 0.285 e. The van der Waals surface area contributed by atoms with Gasteiger partial charge in [-0.2, -0.15) is 5.10 Å². The molecule has 0 aliphatic heterocycles. The fraction of sp³-hybridized carbons (Fsp3) is 0. The zero-order valence-electron chi connectivity index (χ0n) is 10.6. The van der Waals surface area contributed by atoms with Crippen molar-refractivity contribution in [2.45, 2.75) is 0 Å². The Labute approximate surface area is 158 Å². The van der Waals surface area contributed by atoms with Crippen LogP contribution < -0.4 is 4.80 Å². The maximum Gasteiger partial charge on any atom is 0.233 e. The molecular formula is C13H6Br3N3OS2. The number of nitrogens with zero attached hydrogens (tertiary/aromatic N) is 2. The Morgan fingerprint density at radius 2 is 1.91 bits per heavy atom. The van der Waals surface area contributed by atoms with Gasteiger partial charge in [-0.25, -0.2) is 4.68 Å². The summed E-state index contributed by atoms with van der Waals surface area (Å²) in [6.45, 7) is 0. The molecule has 2 aromatic heterocycles. The second-order valence-electron chi connectivity index (χ2n) is 4.15. The third-order valence-electron chi connectivity index (χ3n) is 2.71. The molecule has 1 aromatic carbocycles. The van der Waals surface area contributed by atoms with Crippen LogP contribution in [0.2, 0.25) is 0 Å². The highest BCUT2D eigenvalue weighted by Crippen LogP contribution is 2.32. The number of benzene rings is 1. The maximum atomic E-state index is 12.4. The molecule has 3 rings (SSSR count). The average molecular weight is 524 g/mol. The number of ketones is 1. The van der Waals surface area contributed by atoms with E-state index in [-0.39, 0.29) is 10.6 Å². The molecule has 0 aliphatic carbocycles. The highest BCUT2D eigenvalue weighted by atomic mass is 79.9. The first-order chi connectivity index (χ1) is 10.5. The van der Waals surface area contributed by atoms with Crippen molar-refractivity contribution in [3.63, 3.8) is 0 Å². The third-order valence-corrected chi connectivity index (χ3v) is 6.07. The zero-order valence-corrected chi connectivity index (χ0v) is 17.0. The van der Waals surface area contributed by atoms with E-state index in [0.717, 1.165) is 24.8 Å². The van der Waals surface area contributed by atoms with Gasteiger partial charge in [-0.1, -0.05) is 33.3 Å². The molecule has 0 saturated carbocycles. The summed E-state index contributed by atoms with van der Waals surface area (Å²) in [5.74, 6) is -0.156. The van der Waals surface area contributed by atoms with Gasteiger partial charge in [0, 0.05) is 13.4 Å². The molecule has 0 radical (unpaired) electrons. The van der Waals surface area contributed by atoms with Gasteiger partial charge >= 0.3 is 0 Å². The monoisotopic (exact) mass is 521 g/mol. The number of hydrogen-bond donors (Lipinski definition) is 1. The predicted molar refractivity (Wildman–Crippen MR) is 98.1 cm³/mol. The highest BCUT2D eigenvalue weighted by molar-refractivity contribution is 9.11. The minimum atomic E-state index is -0.156. The fourth-order valence-corrected chi connectivity index (χ4v) is 5.84. The second kappa shape index (κ2) is 6.48. The van der Waals surface area contributed by atoms with Gasteiger partial charge in [0.05, 0.1) is 10.6 Å². The Morgan fingerprint density at radius 3 is 2.50 bits per heavy atom. The Morgan fingerprint density at radius 1 is 1.23 bits per heavy atom. The average Bonchev–Trinajstić information content (AvgIpc) is 3.07. The van der Waals surface area contributed by atoms with Gasteiger partial charge in [-0.05, 0) is 55.4 Å². The van der Waals surface area contributed by atoms with E-state index in [0.29, 0.717) is 15.6 Å². The lowest BCUT2D eigenvalue weighted by Crippen LogP contribution is -2.14. The molecule has 1 N–H and O–H groups in total. The molecule has 0 saturated heterocycles. The van der Waals surface area contributed by atoms with E-state index in [9.17, 15) is 4.79 Å². The number of carbonyl (C=O) groups excluding carboxylic acids is 1. The molecule has 0 amide bonds. The SMILES string of the molecule is N=c1sc(C(=O)c2cccs2)nn1-c1c(Br)cc(Br)cc1Br. The van der Waals surface area contributed by atoms with Gasteiger partial charge in [0.1, 0.15) is 0 Å². The first-order valence-electron chi connectivity index (χ1n) is 5.85. The van der Waals surface area contributed by atoms with E-state index < -0.39 is 0 Å². The Bertz CT molecular complexity index is 892. The van der Waals surface area contributed by atoms with Gasteiger partial charge in [0.2, 0.25) is 10.6 Å². The summed E-state index contributed by atoms with van der Waals surface area (Å²) in [7, 11) is 0. The molecule has 0 unspecified atom stereocenters. The molecule has 4 nitrogen and oxygen atoms in total. The van der Waals surface area contributed by atoms with Crippen LogP contribution in [0.3, 0.4) is 0 Å². The second-order valence-corrected chi connectivity index (χ2v) is 8.70. The van der Waals surface area contributed by atoms with Gasteiger partial charge in [-0.15, -0.1) is 11.3 Å². The van der Waals surface area contributed by atoms with Crippen LogP contribution in [-0.2, 0) is 0 Å². The van der Waals surface area contributed by atoms with E-state index in [4.69, 9.17) is 5.41 Å². The van der Waals surface area contributed by atoms with E-state index in [1.165, 1.54) is 16.0 Å². The molecule has 3 aromatic rings. The van der Waals surface area contributed by atoms with E-state index >= 15 is 0 Å². The van der Waals surface area contributed by atoms with E-state index in [2.05, 4.69) is 52.9 Å². The van der Waals surface area contributed by atoms with Crippen molar-refractivity contribution >= 4 is 76.2 Å². The summed E-state index contributed by atoms with van der Waals surface area (Å²) in [6, 6.07) is 7.32. The molecule has 9 heteroatoms. The first kappa shape index (κ1) is 16.3. The fourth-order valence-electron chi connectivity index (χ4n) is 1.78. The first-order valence-corrected chi connectivity index (χ1v) is 9.93. The lowest BCUT2D eigenvalue weighted by molar-refractivity contribution is 0.104. The van der Waals surface area contributed by atoms with Gasteiger partial charge < -0.3 is 0 Å². The Kier molecular flexibility index (Phi) is 4.79. The van der Waals surface area contributed by atoms with Crippen molar-refractivity contribution in [2.75, 3.05) is 0 Å². The number of carbonyl (C=O) groups is 1. The number of thiophene rings is 1. The lowest BCUT2D eigenvalue weighted by atomic mass is 10.3. The smallest absolute Gasteiger partial charge is 0.233 e. The summed E-state index contributed by atoms with van der Waals surface area (Å²) < 4.78 is 3.89. The third kappa shape index (κ3) is 3.05. The van der Waals surface area contributed by atoms with Gasteiger partial charge in [0.25, 0.3) is 0 Å². The van der Waals surface area contributed by atoms with E-state index in [1.807, 2.05) is 23.6 Å². The number of nitrogens with one attached hydrogen (secondary N) is 1. The summed E-state index contributed by atoms with van der Waals surface area (Å²) in [6.07, 6.45) is 0. The maximum absolute atomic E-state index is 12.4. The molecule has 0 aliphatic rings. The van der Waals surface area contributed by atoms with Crippen LogP contribution in [0.1, 0.15) is 14.7 Å². The number of hydrogen-bond acceptors (Lipinski definition) is 5. The van der Waals surface area contributed by atoms with Crippen LogP contribution in [-0.4, -0.2) is 15.6 Å². The summed E-state index contributed by atoms with van der Waals surface area (Å²) in [4.78, 5) is 13.2. The van der Waals surface area contributed by atoms with Crippen LogP contribution in [0, 0.1) is 5.41 Å². The normalized spacial score (nSPS) is 10.9. The topological polar surface area (TPSA) is 58.7 Å². The summed E-state index contributed by atoms with van der Waals surface area (Å²) >= 11 is 12.8. The quantitative estimate of drug-likeness (QED) is 0.491. The molecule has 0 spiro atoms. The minimum absolute atomic E-state index is 0.156. The Balaban J connectivity index is 2.11. The number of rotatable bonds is 3. The predicted octanol–water partition coefficient (Wildman–Crippen LogP) is 4.99. The van der Waals surface area contributed by atoms with Crippen molar-refractivity contribution in [2.24, 2.45) is 0 Å². The highest BCUT2D eigenvalue weighted by Gasteiger charge is 2.19. The molecule has 22 heavy (non-hydrogen) atoms. The van der Waals surface area contributed by atoms with Crippen molar-refractivity contribution < 1.29 is 4.79 Å². The molecule has 0 atom stereocenters. The minimum Gasteiger partial charge on any atom is -0.285 e. The van der Waals surface area contributed by atoms with Crippen molar-refractivity contribution in [1.29, 1.82) is 5.41 Å². The molecule has 0 fully saturated rings. The zero-order chi connectivity index (χ0) is 15.9. The van der Waals surface area contributed by atoms with Crippen LogP contribution in [0.15, 0.2) is 43.1 Å². The van der Waals surface area contributed by atoms with Crippen LogP contribution in [0.5, 0.6) is 0 Å². The molecule has 2 heterocycles. The summed E-state index contributed by atoms with van der Waals surface area (Å²) in [5, 5.41) is 14.6. The standard InChI is InChI=1S/C13H6Br3N3OS2/c14-6-4-7(15)10(8(16)5-6)19-13(17)22-12(18-19)11(20)9-2-1-3-21-9/h1-5,17H.